The summed E-state index contributed by atoms with van der Waals surface area (Å²) in [4.78, 5) is 0. The highest BCUT2D eigenvalue weighted by atomic mass is 14.9. The van der Waals surface area contributed by atoms with Gasteiger partial charge in [-0.15, -0.1) is 0 Å². The highest BCUT2D eigenvalue weighted by molar-refractivity contribution is 5.89. The molecule has 0 saturated carbocycles. The molecule has 4 aromatic carbocycles. The molecule has 0 radical (unpaired) electrons. The maximum atomic E-state index is 3.66. The van der Waals surface area contributed by atoms with Gasteiger partial charge in [0.05, 0.1) is 0 Å². The predicted octanol–water partition coefficient (Wildman–Crippen LogP) is 7.27. The zero-order chi connectivity index (χ0) is 19.7. The molecule has 1 heteroatoms. The standard InChI is InChI=1S/C28H23N/c1-28(22-12-4-2-5-13-22,23-14-6-3-7-15-23)25-16-10-18-27-24(25)20-19-21-11-8-9-17-26(21)29-27/h2-20,29H,1H3. The van der Waals surface area contributed by atoms with Gasteiger partial charge in [-0.05, 0) is 41.3 Å². The van der Waals surface area contributed by atoms with Gasteiger partial charge >= 0.3 is 0 Å². The minimum absolute atomic E-state index is 0.267. The molecule has 1 heterocycles. The first-order valence-electron chi connectivity index (χ1n) is 10.1. The lowest BCUT2D eigenvalue weighted by atomic mass is 9.69. The van der Waals surface area contributed by atoms with Crippen LogP contribution in [0, 0.1) is 0 Å². The van der Waals surface area contributed by atoms with Crippen molar-refractivity contribution in [1.29, 1.82) is 0 Å². The topological polar surface area (TPSA) is 12.0 Å². The van der Waals surface area contributed by atoms with Gasteiger partial charge in [0.2, 0.25) is 0 Å². The zero-order valence-electron chi connectivity index (χ0n) is 16.5. The zero-order valence-corrected chi connectivity index (χ0v) is 16.5. The highest BCUT2D eigenvalue weighted by Gasteiger charge is 2.33. The van der Waals surface area contributed by atoms with E-state index in [4.69, 9.17) is 0 Å². The van der Waals surface area contributed by atoms with Crippen LogP contribution in [-0.4, -0.2) is 0 Å². The van der Waals surface area contributed by atoms with Gasteiger partial charge in [0.1, 0.15) is 0 Å². The summed E-state index contributed by atoms with van der Waals surface area (Å²) in [5.41, 5.74) is 8.32. The van der Waals surface area contributed by atoms with E-state index >= 15 is 0 Å². The Labute approximate surface area is 172 Å². The summed E-state index contributed by atoms with van der Waals surface area (Å²) in [7, 11) is 0. The summed E-state index contributed by atoms with van der Waals surface area (Å²) in [6.07, 6.45) is 4.47. The van der Waals surface area contributed by atoms with E-state index in [0.717, 1.165) is 11.4 Å². The largest absolute Gasteiger partial charge is 0.355 e. The average molecular weight is 373 g/mol. The Morgan fingerprint density at radius 2 is 1.14 bits per heavy atom. The third-order valence-corrected chi connectivity index (χ3v) is 6.01. The minimum atomic E-state index is -0.267. The van der Waals surface area contributed by atoms with E-state index in [1.54, 1.807) is 0 Å². The summed E-state index contributed by atoms with van der Waals surface area (Å²) < 4.78 is 0. The molecule has 0 aliphatic carbocycles. The molecule has 0 bridgehead atoms. The number of benzene rings is 4. The molecule has 0 amide bonds. The number of hydrogen-bond acceptors (Lipinski definition) is 1. The molecule has 140 valence electrons. The highest BCUT2D eigenvalue weighted by Crippen LogP contribution is 2.44. The van der Waals surface area contributed by atoms with Crippen molar-refractivity contribution in [2.24, 2.45) is 0 Å². The van der Waals surface area contributed by atoms with Crippen LogP contribution in [0.3, 0.4) is 0 Å². The van der Waals surface area contributed by atoms with Crippen LogP contribution in [0.15, 0.2) is 103 Å². The van der Waals surface area contributed by atoms with Gasteiger partial charge in [-0.1, -0.05) is 103 Å². The van der Waals surface area contributed by atoms with Crippen LogP contribution in [-0.2, 0) is 5.41 Å². The second kappa shape index (κ2) is 7.10. The number of rotatable bonds is 3. The van der Waals surface area contributed by atoms with Crippen molar-refractivity contribution in [1.82, 2.24) is 0 Å². The SMILES string of the molecule is CC(c1ccccc1)(c1ccccc1)c1cccc2c1C=Cc1ccccc1N2. The molecule has 1 nitrogen and oxygen atoms in total. The lowest BCUT2D eigenvalue weighted by Gasteiger charge is -2.34. The van der Waals surface area contributed by atoms with E-state index in [1.165, 1.54) is 27.8 Å². The number of anilines is 2. The van der Waals surface area contributed by atoms with E-state index in [2.05, 4.69) is 128 Å². The first-order valence-corrected chi connectivity index (χ1v) is 10.1. The quantitative estimate of drug-likeness (QED) is 0.328. The molecule has 0 fully saturated rings. The molecule has 0 unspecified atom stereocenters. The summed E-state index contributed by atoms with van der Waals surface area (Å²) in [5.74, 6) is 0. The van der Waals surface area contributed by atoms with Crippen LogP contribution < -0.4 is 5.32 Å². The van der Waals surface area contributed by atoms with Crippen LogP contribution in [0.2, 0.25) is 0 Å². The summed E-state index contributed by atoms with van der Waals surface area (Å²) >= 11 is 0. The predicted molar refractivity (Wildman–Crippen MR) is 124 cm³/mol. The first-order chi connectivity index (χ1) is 14.3. The molecule has 0 saturated heterocycles. The Kier molecular flexibility index (Phi) is 4.29. The fourth-order valence-electron chi connectivity index (χ4n) is 4.38. The molecule has 29 heavy (non-hydrogen) atoms. The second-order valence-electron chi connectivity index (χ2n) is 7.67. The molecular weight excluding hydrogens is 350 g/mol. The number of fused-ring (bicyclic) bond motifs is 2. The molecule has 0 atom stereocenters. The van der Waals surface area contributed by atoms with Gasteiger partial charge in [-0.25, -0.2) is 0 Å². The van der Waals surface area contributed by atoms with Crippen LogP contribution >= 0.6 is 0 Å². The van der Waals surface area contributed by atoms with Crippen molar-refractivity contribution < 1.29 is 0 Å². The minimum Gasteiger partial charge on any atom is -0.355 e. The van der Waals surface area contributed by atoms with Crippen molar-refractivity contribution in [2.75, 3.05) is 5.32 Å². The van der Waals surface area contributed by atoms with Crippen LogP contribution in [0.1, 0.15) is 34.7 Å². The lowest BCUT2D eigenvalue weighted by Crippen LogP contribution is -2.26. The lowest BCUT2D eigenvalue weighted by molar-refractivity contribution is 0.691. The van der Waals surface area contributed by atoms with Crippen LogP contribution in [0.5, 0.6) is 0 Å². The summed E-state index contributed by atoms with van der Waals surface area (Å²) in [6, 6.07) is 36.6. The normalized spacial score (nSPS) is 12.4. The van der Waals surface area contributed by atoms with Crippen molar-refractivity contribution >= 4 is 23.5 Å². The van der Waals surface area contributed by atoms with Gasteiger partial charge in [0, 0.05) is 22.4 Å². The molecule has 1 aliphatic heterocycles. The Morgan fingerprint density at radius 1 is 0.552 bits per heavy atom. The number of hydrogen-bond donors (Lipinski definition) is 1. The number of nitrogens with one attached hydrogen (secondary N) is 1. The van der Waals surface area contributed by atoms with E-state index in [-0.39, 0.29) is 5.41 Å². The fourth-order valence-corrected chi connectivity index (χ4v) is 4.38. The van der Waals surface area contributed by atoms with Gasteiger partial charge < -0.3 is 5.32 Å². The summed E-state index contributed by atoms with van der Waals surface area (Å²) in [5, 5.41) is 3.66. The van der Waals surface area contributed by atoms with Crippen molar-refractivity contribution in [2.45, 2.75) is 12.3 Å². The monoisotopic (exact) mass is 373 g/mol. The molecule has 0 aromatic heterocycles. The van der Waals surface area contributed by atoms with E-state index in [0.29, 0.717) is 0 Å². The van der Waals surface area contributed by atoms with Gasteiger partial charge in [-0.3, -0.25) is 0 Å². The maximum Gasteiger partial charge on any atom is 0.0461 e. The Bertz CT molecular complexity index is 1130. The summed E-state index contributed by atoms with van der Waals surface area (Å²) in [6.45, 7) is 2.33. The first kappa shape index (κ1) is 17.5. The molecule has 1 N–H and O–H groups in total. The molecule has 0 spiro atoms. The van der Waals surface area contributed by atoms with E-state index in [9.17, 15) is 0 Å². The van der Waals surface area contributed by atoms with E-state index < -0.39 is 0 Å². The Morgan fingerprint density at radius 3 is 1.83 bits per heavy atom. The van der Waals surface area contributed by atoms with Gasteiger partial charge in [-0.2, -0.15) is 0 Å². The molecule has 1 aliphatic rings. The third kappa shape index (κ3) is 2.96. The van der Waals surface area contributed by atoms with E-state index in [1.807, 2.05) is 0 Å². The van der Waals surface area contributed by atoms with Crippen molar-refractivity contribution in [3.05, 3.63) is 131 Å². The molecule has 5 rings (SSSR count). The Balaban J connectivity index is 1.77. The van der Waals surface area contributed by atoms with Crippen LogP contribution in [0.4, 0.5) is 11.4 Å². The van der Waals surface area contributed by atoms with Crippen molar-refractivity contribution in [3.63, 3.8) is 0 Å². The second-order valence-corrected chi connectivity index (χ2v) is 7.67. The average Bonchev–Trinajstić information content (AvgIpc) is 2.99. The fraction of sp³-hybridized carbons (Fsp3) is 0.0714. The van der Waals surface area contributed by atoms with Gasteiger partial charge in [0.25, 0.3) is 0 Å². The smallest absolute Gasteiger partial charge is 0.0461 e. The van der Waals surface area contributed by atoms with Crippen LogP contribution in [0.25, 0.3) is 12.2 Å². The maximum absolute atomic E-state index is 3.66. The molecule has 4 aromatic rings. The van der Waals surface area contributed by atoms with Crippen molar-refractivity contribution in [3.8, 4) is 0 Å². The van der Waals surface area contributed by atoms with Gasteiger partial charge in [0.15, 0.2) is 0 Å². The number of para-hydroxylation sites is 1. The third-order valence-electron chi connectivity index (χ3n) is 6.01. The molecular formula is C28H23N. The Hall–Kier alpha value is -3.58.